The van der Waals surface area contributed by atoms with E-state index in [1.165, 1.54) is 0 Å². The predicted molar refractivity (Wildman–Crippen MR) is 68.9 cm³/mol. The highest BCUT2D eigenvalue weighted by atomic mass is 35.5. The summed E-state index contributed by atoms with van der Waals surface area (Å²) in [5.41, 5.74) is 3.16. The Morgan fingerprint density at radius 1 is 1.56 bits per heavy atom. The van der Waals surface area contributed by atoms with Crippen LogP contribution < -0.4 is 5.48 Å². The van der Waals surface area contributed by atoms with Crippen LogP contribution in [0.2, 0.25) is 5.02 Å². The Labute approximate surface area is 110 Å². The zero-order valence-electron chi connectivity index (χ0n) is 10.2. The molecule has 6 heteroatoms. The zero-order chi connectivity index (χ0) is 13.5. The van der Waals surface area contributed by atoms with Crippen molar-refractivity contribution in [3.63, 3.8) is 0 Å². The highest BCUT2D eigenvalue weighted by Crippen LogP contribution is 2.21. The minimum Gasteiger partial charge on any atom is -0.391 e. The maximum atomic E-state index is 11.4. The van der Waals surface area contributed by atoms with Gasteiger partial charge in [-0.3, -0.25) is 10.0 Å². The van der Waals surface area contributed by atoms with Gasteiger partial charge in [-0.25, -0.2) is 5.48 Å². The van der Waals surface area contributed by atoms with Crippen LogP contribution in [0, 0.1) is 0 Å². The molecule has 1 rings (SSSR count). The molecule has 1 aromatic carbocycles. The lowest BCUT2D eigenvalue weighted by atomic mass is 10.1. The first-order valence-electron chi connectivity index (χ1n) is 5.47. The highest BCUT2D eigenvalue weighted by Gasteiger charge is 2.13. The number of halogens is 1. The van der Waals surface area contributed by atoms with E-state index in [0.717, 1.165) is 12.1 Å². The number of hydrogen-bond acceptors (Lipinski definition) is 4. The summed E-state index contributed by atoms with van der Waals surface area (Å²) in [5.74, 6) is -0.632. The fourth-order valence-electron chi connectivity index (χ4n) is 1.25. The summed E-state index contributed by atoms with van der Waals surface area (Å²) in [7, 11) is 0. The molecule has 5 nitrogen and oxygen atoms in total. The summed E-state index contributed by atoms with van der Waals surface area (Å²) in [6, 6.07) is 4.81. The van der Waals surface area contributed by atoms with Crippen LogP contribution in [0.1, 0.15) is 36.2 Å². The van der Waals surface area contributed by atoms with Crippen molar-refractivity contribution < 1.29 is 14.8 Å². The molecule has 0 saturated carbocycles. The van der Waals surface area contributed by atoms with Crippen LogP contribution >= 0.6 is 11.6 Å². The molecule has 0 aliphatic rings. The van der Waals surface area contributed by atoms with E-state index in [1.54, 1.807) is 23.7 Å². The van der Waals surface area contributed by atoms with Crippen LogP contribution in [0.3, 0.4) is 0 Å². The number of nitrogens with one attached hydrogen (secondary N) is 1. The number of oxime groups is 1. The number of hydroxylamine groups is 1. The van der Waals surface area contributed by atoms with Crippen molar-refractivity contribution >= 4 is 23.2 Å². The van der Waals surface area contributed by atoms with Gasteiger partial charge in [0.25, 0.3) is 5.91 Å². The van der Waals surface area contributed by atoms with Gasteiger partial charge in [-0.1, -0.05) is 29.7 Å². The summed E-state index contributed by atoms with van der Waals surface area (Å²) < 4.78 is 0. The van der Waals surface area contributed by atoms with Crippen LogP contribution in [-0.2, 0) is 11.4 Å². The van der Waals surface area contributed by atoms with Crippen molar-refractivity contribution in [3.05, 3.63) is 34.3 Å². The summed E-state index contributed by atoms with van der Waals surface area (Å²) in [6.45, 7) is 3.87. The minimum absolute atomic E-state index is 0.0692. The first-order valence-corrected chi connectivity index (χ1v) is 5.85. The van der Waals surface area contributed by atoms with Gasteiger partial charge in [-0.2, -0.15) is 0 Å². The Balaban J connectivity index is 2.90. The smallest absolute Gasteiger partial charge is 0.275 e. The van der Waals surface area contributed by atoms with E-state index in [1.807, 2.05) is 13.8 Å². The third-order valence-electron chi connectivity index (χ3n) is 2.41. The Hall–Kier alpha value is -1.59. The summed E-state index contributed by atoms with van der Waals surface area (Å²) >= 11 is 5.99. The molecule has 0 heterocycles. The molecule has 0 radical (unpaired) electrons. The number of rotatable bonds is 5. The average molecular weight is 271 g/mol. The fraction of sp³-hybridized carbons (Fsp3) is 0.333. The predicted octanol–water partition coefficient (Wildman–Crippen LogP) is 2.76. The molecule has 1 aromatic rings. The second-order valence-corrected chi connectivity index (χ2v) is 4.07. The van der Waals surface area contributed by atoms with Gasteiger partial charge < -0.3 is 4.84 Å². The van der Waals surface area contributed by atoms with Crippen molar-refractivity contribution in [1.82, 2.24) is 5.48 Å². The molecule has 0 saturated heterocycles. The molecule has 0 aliphatic heterocycles. The highest BCUT2D eigenvalue weighted by molar-refractivity contribution is 6.31. The number of carbonyl (C=O) groups is 1. The SMILES string of the molecule is CCC(C)=NOCc1c(Cl)cccc1C(=O)NO. The normalized spacial score (nSPS) is 11.2. The summed E-state index contributed by atoms with van der Waals surface area (Å²) in [4.78, 5) is 16.6. The van der Waals surface area contributed by atoms with Gasteiger partial charge in [-0.15, -0.1) is 0 Å². The Kier molecular flexibility index (Phi) is 5.61. The Morgan fingerprint density at radius 3 is 2.89 bits per heavy atom. The third-order valence-corrected chi connectivity index (χ3v) is 2.76. The maximum Gasteiger partial charge on any atom is 0.275 e. The maximum absolute atomic E-state index is 11.4. The van der Waals surface area contributed by atoms with Gasteiger partial charge in [0, 0.05) is 16.1 Å². The molecular formula is C12H15ClN2O3. The number of amides is 1. The first kappa shape index (κ1) is 14.5. The van der Waals surface area contributed by atoms with E-state index in [0.29, 0.717) is 10.6 Å². The average Bonchev–Trinajstić information content (AvgIpc) is 2.39. The lowest BCUT2D eigenvalue weighted by Crippen LogP contribution is -2.20. The van der Waals surface area contributed by atoms with Crippen molar-refractivity contribution in [2.45, 2.75) is 26.9 Å². The second kappa shape index (κ2) is 6.98. The van der Waals surface area contributed by atoms with E-state index in [4.69, 9.17) is 21.6 Å². The van der Waals surface area contributed by atoms with Crippen molar-refractivity contribution in [3.8, 4) is 0 Å². The topological polar surface area (TPSA) is 70.9 Å². The molecule has 0 unspecified atom stereocenters. The van der Waals surface area contributed by atoms with Crippen LogP contribution in [0.25, 0.3) is 0 Å². The molecule has 0 aliphatic carbocycles. The van der Waals surface area contributed by atoms with E-state index < -0.39 is 5.91 Å². The van der Waals surface area contributed by atoms with Gasteiger partial charge in [0.15, 0.2) is 0 Å². The lowest BCUT2D eigenvalue weighted by molar-refractivity contribution is 0.0699. The largest absolute Gasteiger partial charge is 0.391 e. The quantitative estimate of drug-likeness (QED) is 0.491. The van der Waals surface area contributed by atoms with Gasteiger partial charge in [0.05, 0.1) is 5.71 Å². The van der Waals surface area contributed by atoms with Gasteiger partial charge >= 0.3 is 0 Å². The van der Waals surface area contributed by atoms with E-state index in [9.17, 15) is 4.79 Å². The van der Waals surface area contributed by atoms with Gasteiger partial charge in [0.2, 0.25) is 0 Å². The molecule has 0 fully saturated rings. The van der Waals surface area contributed by atoms with Crippen molar-refractivity contribution in [2.24, 2.45) is 5.16 Å². The first-order chi connectivity index (χ1) is 8.60. The van der Waals surface area contributed by atoms with Crippen LogP contribution in [0.4, 0.5) is 0 Å². The van der Waals surface area contributed by atoms with E-state index in [-0.39, 0.29) is 12.2 Å². The van der Waals surface area contributed by atoms with Gasteiger partial charge in [0.1, 0.15) is 6.61 Å². The van der Waals surface area contributed by atoms with E-state index in [2.05, 4.69) is 5.16 Å². The number of carbonyl (C=O) groups excluding carboxylic acids is 1. The van der Waals surface area contributed by atoms with Crippen molar-refractivity contribution in [1.29, 1.82) is 0 Å². The number of hydrogen-bond donors (Lipinski definition) is 2. The summed E-state index contributed by atoms with van der Waals surface area (Å²) in [5, 5.41) is 12.9. The molecule has 0 spiro atoms. The Morgan fingerprint density at radius 2 is 2.28 bits per heavy atom. The summed E-state index contributed by atoms with van der Waals surface area (Å²) in [6.07, 6.45) is 0.784. The molecular weight excluding hydrogens is 256 g/mol. The monoisotopic (exact) mass is 270 g/mol. The van der Waals surface area contributed by atoms with Crippen LogP contribution in [0.15, 0.2) is 23.4 Å². The van der Waals surface area contributed by atoms with Crippen molar-refractivity contribution in [2.75, 3.05) is 0 Å². The molecule has 0 aromatic heterocycles. The lowest BCUT2D eigenvalue weighted by Gasteiger charge is -2.09. The Bertz CT molecular complexity index is 461. The van der Waals surface area contributed by atoms with Gasteiger partial charge in [-0.05, 0) is 25.5 Å². The molecule has 1 amide bonds. The molecule has 0 bridgehead atoms. The molecule has 18 heavy (non-hydrogen) atoms. The standard InChI is InChI=1S/C12H15ClN2O3/c1-3-8(2)15-18-7-10-9(12(16)14-17)5-4-6-11(10)13/h4-6,17H,3,7H2,1-2H3,(H,14,16). The molecule has 98 valence electrons. The third kappa shape index (κ3) is 3.72. The van der Waals surface area contributed by atoms with Crippen LogP contribution in [-0.4, -0.2) is 16.8 Å². The van der Waals surface area contributed by atoms with Crippen LogP contribution in [0.5, 0.6) is 0 Å². The number of nitrogens with zero attached hydrogens (tertiary/aromatic N) is 1. The molecule has 0 atom stereocenters. The number of benzene rings is 1. The minimum atomic E-state index is -0.632. The molecule has 2 N–H and O–H groups in total. The fourth-order valence-corrected chi connectivity index (χ4v) is 1.48. The van der Waals surface area contributed by atoms with E-state index >= 15 is 0 Å². The zero-order valence-corrected chi connectivity index (χ0v) is 11.0. The second-order valence-electron chi connectivity index (χ2n) is 3.66.